The Morgan fingerprint density at radius 1 is 1.16 bits per heavy atom. The fourth-order valence-electron chi connectivity index (χ4n) is 4.46. The number of hydrogen-bond donors (Lipinski definition) is 3. The van der Waals surface area contributed by atoms with Gasteiger partial charge in [0.2, 0.25) is 0 Å². The van der Waals surface area contributed by atoms with Crippen molar-refractivity contribution in [2.45, 2.75) is 88.0 Å². The highest BCUT2D eigenvalue weighted by Gasteiger charge is 2.47. The van der Waals surface area contributed by atoms with Gasteiger partial charge in [-0.1, -0.05) is 69.4 Å². The molecule has 7 nitrogen and oxygen atoms in total. The Kier molecular flexibility index (Phi) is 10.3. The van der Waals surface area contributed by atoms with Crippen molar-refractivity contribution in [1.82, 2.24) is 0 Å². The Labute approximate surface area is 194 Å². The smallest absolute Gasteiger partial charge is 0.335 e. The highest BCUT2D eigenvalue weighted by atomic mass is 32.2. The van der Waals surface area contributed by atoms with Crippen LogP contribution in [0.3, 0.4) is 0 Å². The second-order valence-corrected chi connectivity index (χ2v) is 9.96. The number of hydrogen-bond acceptors (Lipinski definition) is 8. The van der Waals surface area contributed by atoms with E-state index in [1.807, 2.05) is 37.3 Å². The van der Waals surface area contributed by atoms with E-state index in [9.17, 15) is 20.1 Å². The molecule has 32 heavy (non-hydrogen) atoms. The van der Waals surface area contributed by atoms with E-state index in [0.717, 1.165) is 31.2 Å². The molecule has 6 atom stereocenters. The van der Waals surface area contributed by atoms with Crippen LogP contribution in [0.2, 0.25) is 0 Å². The summed E-state index contributed by atoms with van der Waals surface area (Å²) in [5, 5.41) is 31.2. The minimum absolute atomic E-state index is 0.136. The molecular weight excluding hydrogens is 432 g/mol. The summed E-state index contributed by atoms with van der Waals surface area (Å²) in [5.41, 5.74) is 0.226. The van der Waals surface area contributed by atoms with Crippen LogP contribution in [0.1, 0.15) is 51.0 Å². The van der Waals surface area contributed by atoms with E-state index in [4.69, 9.17) is 14.2 Å². The van der Waals surface area contributed by atoms with Gasteiger partial charge in [-0.05, 0) is 23.7 Å². The summed E-state index contributed by atoms with van der Waals surface area (Å²) in [7, 11) is 0. The lowest BCUT2D eigenvalue weighted by Gasteiger charge is -2.43. The third-order valence-corrected chi connectivity index (χ3v) is 7.28. The molecule has 1 aromatic carbocycles. The molecule has 1 aromatic rings. The zero-order valence-corrected chi connectivity index (χ0v) is 19.5. The molecule has 1 aliphatic heterocycles. The van der Waals surface area contributed by atoms with Crippen LogP contribution in [0.4, 0.5) is 0 Å². The summed E-state index contributed by atoms with van der Waals surface area (Å²) in [6.07, 6.45) is 0.768. The zero-order chi connectivity index (χ0) is 22.9. The third-order valence-electron chi connectivity index (χ3n) is 6.23. The molecule has 0 amide bonds. The molecule has 1 heterocycles. The molecule has 0 radical (unpaired) electrons. The molecule has 1 saturated carbocycles. The van der Waals surface area contributed by atoms with Crippen molar-refractivity contribution in [3.05, 3.63) is 35.9 Å². The first kappa shape index (κ1) is 25.5. The fourth-order valence-corrected chi connectivity index (χ4v) is 5.36. The van der Waals surface area contributed by atoms with Crippen molar-refractivity contribution in [2.75, 3.05) is 12.4 Å². The summed E-state index contributed by atoms with van der Waals surface area (Å²) in [6, 6.07) is 9.43. The van der Waals surface area contributed by atoms with Gasteiger partial charge < -0.3 is 29.5 Å². The molecule has 180 valence electrons. The van der Waals surface area contributed by atoms with Crippen LogP contribution in [0.15, 0.2) is 30.3 Å². The van der Waals surface area contributed by atoms with Crippen LogP contribution < -0.4 is 0 Å². The maximum Gasteiger partial charge on any atom is 0.335 e. The summed E-state index contributed by atoms with van der Waals surface area (Å²) in [6.45, 7) is 1.67. The van der Waals surface area contributed by atoms with Gasteiger partial charge in [0.25, 0.3) is 0 Å². The minimum Gasteiger partial charge on any atom is -0.459 e. The normalized spacial score (nSPS) is 30.1. The SMILES string of the molecule is CCS[C@@H]1O[C@H](CO)[C@H](O)[C@H](O[C@@H](CC2CCCCC2)C(=O)OCc2ccccc2)[C@H]1O. The minimum atomic E-state index is -1.25. The van der Waals surface area contributed by atoms with Crippen LogP contribution in [0, 0.1) is 5.92 Å². The Morgan fingerprint density at radius 3 is 2.53 bits per heavy atom. The van der Waals surface area contributed by atoms with Crippen LogP contribution in [-0.4, -0.2) is 69.6 Å². The Balaban J connectivity index is 1.72. The monoisotopic (exact) mass is 468 g/mol. The number of carbonyl (C=O) groups excluding carboxylic acids is 1. The van der Waals surface area contributed by atoms with Crippen molar-refractivity contribution in [3.8, 4) is 0 Å². The van der Waals surface area contributed by atoms with E-state index < -0.39 is 48.5 Å². The van der Waals surface area contributed by atoms with E-state index >= 15 is 0 Å². The fraction of sp³-hybridized carbons (Fsp3) is 0.708. The second kappa shape index (κ2) is 12.9. The molecule has 2 fully saturated rings. The maximum absolute atomic E-state index is 13.0. The molecule has 3 N–H and O–H groups in total. The summed E-state index contributed by atoms with van der Waals surface area (Å²) < 4.78 is 17.3. The van der Waals surface area contributed by atoms with Crippen LogP contribution in [0.25, 0.3) is 0 Å². The first-order valence-corrected chi connectivity index (χ1v) is 12.7. The van der Waals surface area contributed by atoms with Gasteiger partial charge in [-0.15, -0.1) is 11.8 Å². The molecule has 8 heteroatoms. The molecule has 0 spiro atoms. The Hall–Kier alpha value is -1.16. The van der Waals surface area contributed by atoms with Gasteiger partial charge in [-0.3, -0.25) is 0 Å². The molecule has 1 saturated heterocycles. The number of esters is 1. The highest BCUT2D eigenvalue weighted by molar-refractivity contribution is 7.99. The van der Waals surface area contributed by atoms with Gasteiger partial charge in [0.05, 0.1) is 6.61 Å². The van der Waals surface area contributed by atoms with E-state index in [1.54, 1.807) is 0 Å². The lowest BCUT2D eigenvalue weighted by Crippen LogP contribution is -2.60. The third kappa shape index (κ3) is 6.92. The maximum atomic E-state index is 13.0. The first-order valence-electron chi connectivity index (χ1n) is 11.6. The first-order chi connectivity index (χ1) is 15.5. The van der Waals surface area contributed by atoms with Crippen molar-refractivity contribution in [1.29, 1.82) is 0 Å². The quantitative estimate of drug-likeness (QED) is 0.450. The van der Waals surface area contributed by atoms with Crippen molar-refractivity contribution in [2.24, 2.45) is 5.92 Å². The van der Waals surface area contributed by atoms with Gasteiger partial charge in [-0.2, -0.15) is 0 Å². The predicted octanol–water partition coefficient (Wildman–Crippen LogP) is 2.65. The van der Waals surface area contributed by atoms with E-state index in [-0.39, 0.29) is 6.61 Å². The molecule has 0 bridgehead atoms. The number of benzene rings is 1. The summed E-state index contributed by atoms with van der Waals surface area (Å²) in [4.78, 5) is 13.0. The highest BCUT2D eigenvalue weighted by Crippen LogP contribution is 2.33. The molecule has 0 unspecified atom stereocenters. The number of thioether (sulfide) groups is 1. The molecule has 3 rings (SSSR count). The predicted molar refractivity (Wildman–Crippen MR) is 122 cm³/mol. The zero-order valence-electron chi connectivity index (χ0n) is 18.7. The number of carbonyl (C=O) groups is 1. The molecular formula is C24H36O7S. The lowest BCUT2D eigenvalue weighted by atomic mass is 9.85. The van der Waals surface area contributed by atoms with Gasteiger partial charge >= 0.3 is 5.97 Å². The van der Waals surface area contributed by atoms with E-state index in [1.165, 1.54) is 18.2 Å². The number of rotatable bonds is 10. The van der Waals surface area contributed by atoms with Crippen LogP contribution in [0.5, 0.6) is 0 Å². The van der Waals surface area contributed by atoms with Crippen molar-refractivity contribution < 1.29 is 34.3 Å². The summed E-state index contributed by atoms with van der Waals surface area (Å²) in [5.74, 6) is 0.528. The largest absolute Gasteiger partial charge is 0.459 e. The van der Waals surface area contributed by atoms with E-state index in [2.05, 4.69) is 0 Å². The molecule has 1 aliphatic carbocycles. The average molecular weight is 469 g/mol. The Morgan fingerprint density at radius 2 is 1.88 bits per heavy atom. The summed E-state index contributed by atoms with van der Waals surface area (Å²) >= 11 is 1.37. The number of aliphatic hydroxyl groups excluding tert-OH is 3. The van der Waals surface area contributed by atoms with Gasteiger partial charge in [-0.25, -0.2) is 4.79 Å². The second-order valence-electron chi connectivity index (χ2n) is 8.58. The van der Waals surface area contributed by atoms with Crippen LogP contribution in [-0.2, 0) is 25.6 Å². The lowest BCUT2D eigenvalue weighted by molar-refractivity contribution is -0.236. The van der Waals surface area contributed by atoms with Gasteiger partial charge in [0, 0.05) is 0 Å². The average Bonchev–Trinajstić information content (AvgIpc) is 2.82. The van der Waals surface area contributed by atoms with Crippen molar-refractivity contribution in [3.63, 3.8) is 0 Å². The molecule has 0 aromatic heterocycles. The number of ether oxygens (including phenoxy) is 3. The van der Waals surface area contributed by atoms with Crippen LogP contribution >= 0.6 is 11.8 Å². The standard InChI is InChI=1S/C24H36O7S/c1-2-32-24-21(27)22(20(26)19(14-25)31-24)30-18(13-16-9-5-3-6-10-16)23(28)29-15-17-11-7-4-8-12-17/h4,7-8,11-12,16,18-22,24-27H,2-3,5-6,9-10,13-15H2,1H3/t18-,19+,20-,21+,22-,24-/m0/s1. The molecule has 2 aliphatic rings. The topological polar surface area (TPSA) is 105 Å². The van der Waals surface area contributed by atoms with Gasteiger partial charge in [0.1, 0.15) is 36.5 Å². The Bertz CT molecular complexity index is 682. The van der Waals surface area contributed by atoms with E-state index in [0.29, 0.717) is 18.1 Å². The number of aliphatic hydroxyl groups is 3. The van der Waals surface area contributed by atoms with Crippen molar-refractivity contribution >= 4 is 17.7 Å². The van der Waals surface area contributed by atoms with Gasteiger partial charge in [0.15, 0.2) is 6.10 Å².